The first-order chi connectivity index (χ1) is 14.0. The van der Waals surface area contributed by atoms with E-state index in [4.69, 9.17) is 5.26 Å². The van der Waals surface area contributed by atoms with E-state index in [1.54, 1.807) is 24.4 Å². The summed E-state index contributed by atoms with van der Waals surface area (Å²) in [6.45, 7) is 1.18. The van der Waals surface area contributed by atoms with Crippen molar-refractivity contribution in [1.82, 2.24) is 9.88 Å². The van der Waals surface area contributed by atoms with Crippen molar-refractivity contribution in [1.29, 1.82) is 5.26 Å². The molecule has 1 aromatic carbocycles. The number of fused-ring (bicyclic) bond motifs is 2. The van der Waals surface area contributed by atoms with Gasteiger partial charge in [-0.2, -0.15) is 5.26 Å². The monoisotopic (exact) mass is 412 g/mol. The van der Waals surface area contributed by atoms with Crippen LogP contribution in [0.1, 0.15) is 24.0 Å². The van der Waals surface area contributed by atoms with Crippen molar-refractivity contribution in [2.45, 2.75) is 30.7 Å². The van der Waals surface area contributed by atoms with Gasteiger partial charge in [0.2, 0.25) is 0 Å². The van der Waals surface area contributed by atoms with Gasteiger partial charge < -0.3 is 14.4 Å². The SMILES string of the molecule is N#Cc1ccc(N2C3CCC2CN(C(=O)C[S+]([O-])Cc2ccc(F)cc2)C3)nc1. The Labute approximate surface area is 172 Å². The number of benzene rings is 1. The minimum atomic E-state index is -1.33. The fourth-order valence-corrected chi connectivity index (χ4v) is 5.26. The first-order valence-electron chi connectivity index (χ1n) is 9.55. The summed E-state index contributed by atoms with van der Waals surface area (Å²) in [6.07, 6.45) is 3.54. The van der Waals surface area contributed by atoms with Crippen LogP contribution >= 0.6 is 0 Å². The number of piperazine rings is 1. The lowest BCUT2D eigenvalue weighted by Crippen LogP contribution is -2.56. The molecule has 2 aliphatic heterocycles. The molecule has 8 heteroatoms. The molecule has 2 aromatic rings. The molecule has 0 spiro atoms. The van der Waals surface area contributed by atoms with E-state index in [1.807, 2.05) is 11.0 Å². The number of carbonyl (C=O) groups excluding carboxylic acids is 1. The van der Waals surface area contributed by atoms with Crippen molar-refractivity contribution in [3.05, 3.63) is 59.5 Å². The fraction of sp³-hybridized carbons (Fsp3) is 0.381. The number of anilines is 1. The van der Waals surface area contributed by atoms with Crippen molar-refractivity contribution in [3.8, 4) is 6.07 Å². The van der Waals surface area contributed by atoms with Gasteiger partial charge in [0, 0.05) is 36.9 Å². The van der Waals surface area contributed by atoms with Gasteiger partial charge in [-0.3, -0.25) is 4.79 Å². The van der Waals surface area contributed by atoms with Gasteiger partial charge in [-0.25, -0.2) is 9.37 Å². The van der Waals surface area contributed by atoms with E-state index in [2.05, 4.69) is 16.0 Å². The number of hydrogen-bond donors (Lipinski definition) is 0. The number of rotatable bonds is 5. The van der Waals surface area contributed by atoms with E-state index in [9.17, 15) is 13.7 Å². The Bertz CT molecular complexity index is 902. The van der Waals surface area contributed by atoms with Crippen LogP contribution in [0.5, 0.6) is 0 Å². The molecule has 0 saturated carbocycles. The molecular weight excluding hydrogens is 391 g/mol. The van der Waals surface area contributed by atoms with Gasteiger partial charge in [-0.05, 0) is 48.3 Å². The highest BCUT2D eigenvalue weighted by atomic mass is 32.2. The Hall–Kier alpha value is -2.63. The zero-order chi connectivity index (χ0) is 20.4. The minimum absolute atomic E-state index is 0.0219. The predicted molar refractivity (Wildman–Crippen MR) is 108 cm³/mol. The Morgan fingerprint density at radius 1 is 1.21 bits per heavy atom. The summed E-state index contributed by atoms with van der Waals surface area (Å²) in [7, 11) is 0. The summed E-state index contributed by atoms with van der Waals surface area (Å²) in [5.41, 5.74) is 1.29. The van der Waals surface area contributed by atoms with Crippen molar-refractivity contribution in [2.75, 3.05) is 23.7 Å². The zero-order valence-electron chi connectivity index (χ0n) is 15.8. The van der Waals surface area contributed by atoms with Crippen molar-refractivity contribution in [2.24, 2.45) is 0 Å². The smallest absolute Gasteiger partial charge is 0.272 e. The molecular formula is C21H21FN4O2S. The first-order valence-corrected chi connectivity index (χ1v) is 11.0. The molecule has 4 rings (SSSR count). The van der Waals surface area contributed by atoms with Gasteiger partial charge in [0.25, 0.3) is 5.91 Å². The van der Waals surface area contributed by atoms with Gasteiger partial charge in [-0.1, -0.05) is 12.1 Å². The second kappa shape index (κ2) is 8.39. The first kappa shape index (κ1) is 19.7. The van der Waals surface area contributed by atoms with E-state index in [1.165, 1.54) is 12.1 Å². The lowest BCUT2D eigenvalue weighted by molar-refractivity contribution is -0.129. The van der Waals surface area contributed by atoms with E-state index < -0.39 is 11.2 Å². The molecule has 2 saturated heterocycles. The van der Waals surface area contributed by atoms with Crippen molar-refractivity contribution in [3.63, 3.8) is 0 Å². The van der Waals surface area contributed by atoms with Gasteiger partial charge in [0.05, 0.1) is 5.56 Å². The Morgan fingerprint density at radius 3 is 2.48 bits per heavy atom. The number of pyridine rings is 1. The van der Waals surface area contributed by atoms with E-state index in [-0.39, 0.29) is 35.3 Å². The average Bonchev–Trinajstić information content (AvgIpc) is 2.98. The number of likely N-dealkylation sites (tertiary alicyclic amines) is 1. The van der Waals surface area contributed by atoms with Crippen LogP contribution < -0.4 is 4.90 Å². The second-order valence-electron chi connectivity index (χ2n) is 7.46. The highest BCUT2D eigenvalue weighted by Gasteiger charge is 2.42. The van der Waals surface area contributed by atoms with Crippen LogP contribution in [0.4, 0.5) is 10.2 Å². The van der Waals surface area contributed by atoms with Crippen LogP contribution in [-0.2, 0) is 21.7 Å². The maximum absolute atomic E-state index is 13.0. The molecule has 3 heterocycles. The van der Waals surface area contributed by atoms with Crippen LogP contribution in [0, 0.1) is 17.1 Å². The second-order valence-corrected chi connectivity index (χ2v) is 8.92. The molecule has 2 aliphatic rings. The summed E-state index contributed by atoms with van der Waals surface area (Å²) < 4.78 is 25.4. The summed E-state index contributed by atoms with van der Waals surface area (Å²) >= 11 is -1.33. The highest BCUT2D eigenvalue weighted by molar-refractivity contribution is 7.91. The molecule has 2 fully saturated rings. The molecule has 150 valence electrons. The highest BCUT2D eigenvalue weighted by Crippen LogP contribution is 2.34. The van der Waals surface area contributed by atoms with Gasteiger partial charge >= 0.3 is 0 Å². The Balaban J connectivity index is 1.35. The molecule has 1 aromatic heterocycles. The summed E-state index contributed by atoms with van der Waals surface area (Å²) in [4.78, 5) is 21.2. The number of nitrogens with zero attached hydrogens (tertiary/aromatic N) is 4. The summed E-state index contributed by atoms with van der Waals surface area (Å²) in [5, 5.41) is 8.94. The molecule has 0 aliphatic carbocycles. The van der Waals surface area contributed by atoms with Gasteiger partial charge in [0.15, 0.2) is 5.75 Å². The normalized spacial score (nSPS) is 21.7. The lowest BCUT2D eigenvalue weighted by Gasteiger charge is -2.41. The van der Waals surface area contributed by atoms with Crippen LogP contribution in [0.3, 0.4) is 0 Å². The van der Waals surface area contributed by atoms with E-state index >= 15 is 0 Å². The molecule has 29 heavy (non-hydrogen) atoms. The molecule has 0 N–H and O–H groups in total. The standard InChI is InChI=1S/C21H21FN4O2S/c22-17-4-1-15(2-5-17)13-29(28)14-21(27)25-11-18-6-7-19(12-25)26(18)20-8-3-16(9-23)10-24-20/h1-5,8,10,18-19H,6-7,11-14H2. The number of carbonyl (C=O) groups is 1. The molecule has 1 amide bonds. The molecule has 3 atom stereocenters. The van der Waals surface area contributed by atoms with E-state index in [0.717, 1.165) is 24.2 Å². The van der Waals surface area contributed by atoms with Crippen molar-refractivity contribution >= 4 is 22.9 Å². The van der Waals surface area contributed by atoms with Crippen LogP contribution in [0.25, 0.3) is 0 Å². The average molecular weight is 412 g/mol. The summed E-state index contributed by atoms with van der Waals surface area (Å²) in [6, 6.07) is 11.9. The Morgan fingerprint density at radius 2 is 1.90 bits per heavy atom. The number of halogens is 1. The maximum Gasteiger partial charge on any atom is 0.272 e. The molecule has 2 bridgehead atoms. The molecule has 0 radical (unpaired) electrons. The summed E-state index contributed by atoms with van der Waals surface area (Å²) in [5.74, 6) is 0.624. The fourth-order valence-electron chi connectivity index (χ4n) is 4.13. The predicted octanol–water partition coefficient (Wildman–Crippen LogP) is 2.22. The molecule has 6 nitrogen and oxygen atoms in total. The molecule has 3 unspecified atom stereocenters. The Kier molecular flexibility index (Phi) is 5.69. The third-order valence-electron chi connectivity index (χ3n) is 5.50. The quantitative estimate of drug-likeness (QED) is 0.703. The zero-order valence-corrected chi connectivity index (χ0v) is 16.6. The van der Waals surface area contributed by atoms with Gasteiger partial charge in [-0.15, -0.1) is 0 Å². The van der Waals surface area contributed by atoms with Crippen LogP contribution in [0.15, 0.2) is 42.6 Å². The third kappa shape index (κ3) is 4.36. The van der Waals surface area contributed by atoms with Gasteiger partial charge in [0.1, 0.15) is 23.5 Å². The lowest BCUT2D eigenvalue weighted by atomic mass is 10.1. The minimum Gasteiger partial charge on any atom is -0.616 e. The number of hydrogen-bond acceptors (Lipinski definition) is 5. The topological polar surface area (TPSA) is 83.3 Å². The van der Waals surface area contributed by atoms with Crippen LogP contribution in [-0.4, -0.2) is 51.3 Å². The largest absolute Gasteiger partial charge is 0.616 e. The number of aromatic nitrogens is 1. The van der Waals surface area contributed by atoms with Crippen LogP contribution in [0.2, 0.25) is 0 Å². The number of amides is 1. The van der Waals surface area contributed by atoms with E-state index in [0.29, 0.717) is 18.7 Å². The third-order valence-corrected chi connectivity index (χ3v) is 6.73. The van der Waals surface area contributed by atoms with Crippen molar-refractivity contribution < 1.29 is 13.7 Å². The maximum atomic E-state index is 13.0. The number of nitriles is 1.